The molecule has 13 amide bonds. The molecule has 0 bridgehead atoms. The summed E-state index contributed by atoms with van der Waals surface area (Å²) in [7, 11) is 8.00. The van der Waals surface area contributed by atoms with Crippen LogP contribution in [0, 0.1) is 29.6 Å². The first-order chi connectivity index (χ1) is 50.4. The Bertz CT molecular complexity index is 3400. The Morgan fingerprint density at radius 2 is 1.38 bits per heavy atom. The fourth-order valence-corrected chi connectivity index (χ4v) is 14.8. The van der Waals surface area contributed by atoms with Gasteiger partial charge in [0.1, 0.15) is 29.2 Å². The number of likely N-dealkylation sites (N-methyl/N-ethyl adjacent to an activating group) is 3. The van der Waals surface area contributed by atoms with Crippen molar-refractivity contribution in [3.05, 3.63) is 82.3 Å². The van der Waals surface area contributed by atoms with E-state index in [-0.39, 0.29) is 98.5 Å². The molecular formula is C76H116N14O15S. The summed E-state index contributed by atoms with van der Waals surface area (Å²) >= 11 is 1.46. The fourth-order valence-electron chi connectivity index (χ4n) is 14.1. The first kappa shape index (κ1) is 86.3. The first-order valence-corrected chi connectivity index (χ1v) is 38.2. The highest BCUT2D eigenvalue weighted by Crippen LogP contribution is 2.32. The Kier molecular flexibility index (Phi) is 34.3. The zero-order valence-electron chi connectivity index (χ0n) is 64.4. The Morgan fingerprint density at radius 3 is 1.96 bits per heavy atom. The minimum absolute atomic E-state index is 0.0365. The van der Waals surface area contributed by atoms with Crippen LogP contribution in [0.5, 0.6) is 0 Å². The SMILES string of the molecule is CC[C@H](C)[C@@H]([C@@H](CC(=O)N1CCC[C@H]1[C@H](OC)[C@@H](C)C(=O)NC(Cc1ccccc1)c1nccs1)OC)N(C)C(=O)[C@@H](NC(=O)[C@H](C(C)C)N(C)C(=O)OC(C(=O)N1CCN(C)CC1)c1ccc(NC(=O)[C@H](CCCNC(N)=O)NC(=O)[C@@H](NC(=O)CCCCCN2C(=O)CCC2=O)C(C)C)cc1)C(C)C. The van der Waals surface area contributed by atoms with E-state index < -0.39 is 126 Å². The van der Waals surface area contributed by atoms with Gasteiger partial charge in [0.25, 0.3) is 5.91 Å². The number of nitrogens with one attached hydrogen (secondary N) is 6. The van der Waals surface area contributed by atoms with Gasteiger partial charge in [-0.25, -0.2) is 14.6 Å². The average molecular weight is 1500 g/mol. The lowest BCUT2D eigenvalue weighted by Crippen LogP contribution is -2.60. The molecule has 8 N–H and O–H groups in total. The number of primary amides is 1. The van der Waals surface area contributed by atoms with Crippen LogP contribution >= 0.6 is 11.3 Å². The Morgan fingerprint density at radius 1 is 0.717 bits per heavy atom. The number of nitrogens with zero attached hydrogens (tertiary/aromatic N) is 7. The van der Waals surface area contributed by atoms with Crippen molar-refractivity contribution in [1.29, 1.82) is 0 Å². The normalized spacial score (nSPS) is 18.0. The Labute approximate surface area is 628 Å². The van der Waals surface area contributed by atoms with Crippen molar-refractivity contribution in [1.82, 2.24) is 61.0 Å². The molecule has 0 aliphatic carbocycles. The number of piperazine rings is 1. The third-order valence-corrected chi connectivity index (χ3v) is 21.4. The maximum absolute atomic E-state index is 15.1. The summed E-state index contributed by atoms with van der Waals surface area (Å²) in [6.45, 7) is 18.8. The number of thiazole rings is 1. The Balaban J connectivity index is 1.13. The molecule has 30 heteroatoms. The van der Waals surface area contributed by atoms with Crippen LogP contribution in [-0.2, 0) is 68.6 Å². The number of hydrogen-bond donors (Lipinski definition) is 7. The number of amides is 13. The van der Waals surface area contributed by atoms with Gasteiger partial charge >= 0.3 is 12.1 Å². The molecule has 2 aromatic carbocycles. The average Bonchev–Trinajstić information content (AvgIpc) is 1.09. The molecule has 4 heterocycles. The summed E-state index contributed by atoms with van der Waals surface area (Å²) in [6.07, 6.45) is 2.26. The van der Waals surface area contributed by atoms with E-state index in [4.69, 9.17) is 19.9 Å². The number of carbonyl (C=O) groups is 12. The van der Waals surface area contributed by atoms with Gasteiger partial charge in [-0.2, -0.15) is 0 Å². The van der Waals surface area contributed by atoms with Crippen LogP contribution in [0.25, 0.3) is 0 Å². The molecule has 3 aliphatic heterocycles. The van der Waals surface area contributed by atoms with Crippen LogP contribution in [0.2, 0.25) is 0 Å². The van der Waals surface area contributed by atoms with E-state index in [1.165, 1.54) is 54.7 Å². The topological polar surface area (TPSA) is 363 Å². The van der Waals surface area contributed by atoms with E-state index in [1.807, 2.05) is 63.5 Å². The highest BCUT2D eigenvalue weighted by atomic mass is 32.1. The van der Waals surface area contributed by atoms with E-state index in [9.17, 15) is 52.7 Å². The van der Waals surface area contributed by atoms with Gasteiger partial charge in [0.15, 0.2) is 0 Å². The van der Waals surface area contributed by atoms with Crippen molar-refractivity contribution in [2.24, 2.45) is 35.3 Å². The molecule has 6 rings (SSSR count). The molecule has 106 heavy (non-hydrogen) atoms. The zero-order valence-corrected chi connectivity index (χ0v) is 65.2. The number of aromatic nitrogens is 1. The predicted octanol–water partition coefficient (Wildman–Crippen LogP) is 5.93. The van der Waals surface area contributed by atoms with Crippen molar-refractivity contribution in [3.8, 4) is 0 Å². The summed E-state index contributed by atoms with van der Waals surface area (Å²) in [5, 5.41) is 19.7. The fraction of sp³-hybridized carbons (Fsp3) is 0.645. The molecule has 29 nitrogen and oxygen atoms in total. The maximum atomic E-state index is 15.1. The number of urea groups is 1. The van der Waals surface area contributed by atoms with E-state index in [0.29, 0.717) is 77.7 Å². The highest BCUT2D eigenvalue weighted by molar-refractivity contribution is 7.09. The summed E-state index contributed by atoms with van der Waals surface area (Å²) in [5.41, 5.74) is 6.81. The number of carbonyl (C=O) groups excluding carboxylic acids is 12. The van der Waals surface area contributed by atoms with E-state index in [0.717, 1.165) is 15.5 Å². The molecule has 3 aliphatic rings. The summed E-state index contributed by atoms with van der Waals surface area (Å²) in [4.78, 5) is 179. The first-order valence-electron chi connectivity index (χ1n) is 37.3. The van der Waals surface area contributed by atoms with Gasteiger partial charge in [0.05, 0.1) is 42.7 Å². The van der Waals surface area contributed by atoms with Gasteiger partial charge in [0, 0.05) is 116 Å². The molecular weight excluding hydrogens is 1380 g/mol. The van der Waals surface area contributed by atoms with Crippen molar-refractivity contribution in [2.75, 3.05) is 86.5 Å². The van der Waals surface area contributed by atoms with Gasteiger partial charge in [0.2, 0.25) is 59.3 Å². The van der Waals surface area contributed by atoms with E-state index in [2.05, 4.69) is 41.8 Å². The van der Waals surface area contributed by atoms with Gasteiger partial charge in [-0.05, 0) is 93.4 Å². The smallest absolute Gasteiger partial charge is 0.411 e. The van der Waals surface area contributed by atoms with Crippen molar-refractivity contribution >= 4 is 88.2 Å². The molecule has 0 saturated carbocycles. The van der Waals surface area contributed by atoms with Crippen LogP contribution in [0.15, 0.2) is 66.2 Å². The van der Waals surface area contributed by atoms with Crippen LogP contribution < -0.4 is 37.6 Å². The zero-order chi connectivity index (χ0) is 78.1. The van der Waals surface area contributed by atoms with Crippen molar-refractivity contribution in [3.63, 3.8) is 0 Å². The number of hydrogen-bond acceptors (Lipinski definition) is 18. The molecule has 586 valence electrons. The minimum atomic E-state index is -1.54. The highest BCUT2D eigenvalue weighted by Gasteiger charge is 2.45. The summed E-state index contributed by atoms with van der Waals surface area (Å²) in [6, 6.07) is 9.04. The molecule has 3 fully saturated rings. The molecule has 3 aromatic rings. The Hall–Kier alpha value is -8.61. The standard InChI is InChI=1S/C76H116N14O15S/c1-15-49(8)65(57(103-13)45-61(94)89-38-23-27-56(89)66(104-14)50(9)68(95)82-55(72-78-36-43-106-72)44-51-24-18-16-19-25-51)86(11)73(99)63(47(4)5)84-71(98)64(48(6)7)87(12)76(102)105-67(74(100)88-41-39-85(10)40-42-88)52-29-31-53(32-30-52)80-69(96)54(26-22-35-79-75(77)101)81-70(97)62(46(2)3)83-58(91)28-20-17-21-37-90-59(92)33-34-60(90)93/h16,18-19,24-25,29-32,36,43,46-50,54-57,62-67H,15,17,20-23,26-28,33-35,37-42,44-45H2,1-14H3,(H,80,96)(H,81,97)(H,82,95)(H,83,91)(H,84,98)(H3,77,79,101)/t49-,50+,54-,55?,56-,57+,62-,63-,64-,65-,66+,67?/m0/s1. The molecule has 12 atom stereocenters. The van der Waals surface area contributed by atoms with E-state index in [1.54, 1.807) is 76.6 Å². The number of imide groups is 1. The van der Waals surface area contributed by atoms with Gasteiger partial charge in [-0.3, -0.25) is 57.7 Å². The molecule has 1 aromatic heterocycles. The molecule has 3 saturated heterocycles. The van der Waals surface area contributed by atoms with Crippen LogP contribution in [0.3, 0.4) is 0 Å². The molecule has 0 spiro atoms. The second kappa shape index (κ2) is 42.1. The summed E-state index contributed by atoms with van der Waals surface area (Å²) in [5.74, 6) is -6.52. The van der Waals surface area contributed by atoms with Crippen LogP contribution in [0.4, 0.5) is 15.3 Å². The number of ether oxygens (including phenoxy) is 3. The van der Waals surface area contributed by atoms with Gasteiger partial charge in [-0.1, -0.05) is 118 Å². The number of likely N-dealkylation sites (tertiary alicyclic amines) is 2. The molecule has 2 unspecified atom stereocenters. The van der Waals surface area contributed by atoms with Crippen molar-refractivity contribution in [2.45, 2.75) is 206 Å². The largest absolute Gasteiger partial charge is 0.431 e. The lowest BCUT2D eigenvalue weighted by Gasteiger charge is -2.41. The quantitative estimate of drug-likeness (QED) is 0.0256. The monoisotopic (exact) mass is 1500 g/mol. The van der Waals surface area contributed by atoms with Gasteiger partial charge in [-0.15, -0.1) is 11.3 Å². The predicted molar refractivity (Wildman–Crippen MR) is 401 cm³/mol. The number of rotatable bonds is 40. The maximum Gasteiger partial charge on any atom is 0.411 e. The van der Waals surface area contributed by atoms with Crippen molar-refractivity contribution < 1.29 is 71.7 Å². The second-order valence-corrected chi connectivity index (χ2v) is 30.2. The summed E-state index contributed by atoms with van der Waals surface area (Å²) < 4.78 is 18.4. The third-order valence-electron chi connectivity index (χ3n) is 20.5. The number of anilines is 1. The number of benzene rings is 2. The number of unbranched alkanes of at least 4 members (excludes halogenated alkanes) is 2. The van der Waals surface area contributed by atoms with Crippen LogP contribution in [0.1, 0.15) is 168 Å². The van der Waals surface area contributed by atoms with E-state index >= 15 is 4.79 Å². The lowest BCUT2D eigenvalue weighted by molar-refractivity contribution is -0.148. The second-order valence-electron chi connectivity index (χ2n) is 29.3. The van der Waals surface area contributed by atoms with Crippen LogP contribution in [-0.4, -0.2) is 235 Å². The third kappa shape index (κ3) is 24.5. The molecule has 0 radical (unpaired) electrons. The van der Waals surface area contributed by atoms with Gasteiger partial charge < -0.3 is 71.4 Å². The number of nitrogens with two attached hydrogens (primary N) is 1. The number of methoxy groups -OCH3 is 2. The minimum Gasteiger partial charge on any atom is -0.431 e. The lowest BCUT2D eigenvalue weighted by atomic mass is 9.89.